The van der Waals surface area contributed by atoms with Gasteiger partial charge in [-0.15, -0.1) is 11.6 Å². The summed E-state index contributed by atoms with van der Waals surface area (Å²) in [4.78, 5) is 4.03. The van der Waals surface area contributed by atoms with E-state index in [1.165, 1.54) is 12.1 Å². The van der Waals surface area contributed by atoms with E-state index in [4.69, 9.17) is 16.1 Å². The molecule has 0 radical (unpaired) electrons. The SMILES string of the molecule is Fc1ccc(-c2noc(CCl)n2)c(Br)c1. The Morgan fingerprint density at radius 3 is 2.87 bits per heavy atom. The minimum Gasteiger partial charge on any atom is -0.338 e. The third-order valence-corrected chi connectivity index (χ3v) is 2.64. The summed E-state index contributed by atoms with van der Waals surface area (Å²) in [5, 5.41) is 3.72. The van der Waals surface area contributed by atoms with Crippen LogP contribution in [0.4, 0.5) is 4.39 Å². The molecule has 1 heterocycles. The third kappa shape index (κ3) is 2.18. The number of benzene rings is 1. The van der Waals surface area contributed by atoms with Crippen LogP contribution in [-0.4, -0.2) is 10.1 Å². The molecule has 2 aromatic rings. The topological polar surface area (TPSA) is 38.9 Å². The molecule has 3 nitrogen and oxygen atoms in total. The number of hydrogen-bond donors (Lipinski definition) is 0. The van der Waals surface area contributed by atoms with E-state index >= 15 is 0 Å². The predicted octanol–water partition coefficient (Wildman–Crippen LogP) is 3.38. The first-order chi connectivity index (χ1) is 7.20. The zero-order valence-corrected chi connectivity index (χ0v) is 9.72. The highest BCUT2D eigenvalue weighted by molar-refractivity contribution is 9.10. The lowest BCUT2D eigenvalue weighted by Gasteiger charge is -1.97. The van der Waals surface area contributed by atoms with Crippen molar-refractivity contribution in [1.82, 2.24) is 10.1 Å². The van der Waals surface area contributed by atoms with E-state index in [0.717, 1.165) is 0 Å². The highest BCUT2D eigenvalue weighted by atomic mass is 79.9. The molecule has 2 rings (SSSR count). The second kappa shape index (κ2) is 4.28. The van der Waals surface area contributed by atoms with Crippen LogP contribution in [0.3, 0.4) is 0 Å². The molecule has 1 aromatic carbocycles. The van der Waals surface area contributed by atoms with Crippen molar-refractivity contribution >= 4 is 27.5 Å². The van der Waals surface area contributed by atoms with Gasteiger partial charge in [-0.05, 0) is 34.1 Å². The van der Waals surface area contributed by atoms with Crippen LogP contribution in [0.1, 0.15) is 5.89 Å². The Morgan fingerprint density at radius 1 is 1.47 bits per heavy atom. The summed E-state index contributed by atoms with van der Waals surface area (Å²) in [6, 6.07) is 4.24. The molecule has 0 aliphatic heterocycles. The molecule has 1 aromatic heterocycles. The van der Waals surface area contributed by atoms with Gasteiger partial charge < -0.3 is 4.52 Å². The van der Waals surface area contributed by atoms with Crippen LogP contribution in [0.15, 0.2) is 27.2 Å². The fourth-order valence-corrected chi connectivity index (χ4v) is 1.73. The van der Waals surface area contributed by atoms with E-state index in [0.29, 0.717) is 21.8 Å². The Kier molecular flexibility index (Phi) is 3.02. The Morgan fingerprint density at radius 2 is 2.27 bits per heavy atom. The van der Waals surface area contributed by atoms with Crippen molar-refractivity contribution in [2.45, 2.75) is 5.88 Å². The van der Waals surface area contributed by atoms with Crippen LogP contribution in [0.5, 0.6) is 0 Å². The lowest BCUT2D eigenvalue weighted by molar-refractivity contribution is 0.391. The summed E-state index contributed by atoms with van der Waals surface area (Å²) in [6.07, 6.45) is 0. The molecule has 0 unspecified atom stereocenters. The van der Waals surface area contributed by atoms with E-state index in [-0.39, 0.29) is 11.7 Å². The van der Waals surface area contributed by atoms with Gasteiger partial charge in [-0.1, -0.05) is 5.16 Å². The number of alkyl halides is 1. The maximum atomic E-state index is 12.8. The molecule has 0 atom stereocenters. The summed E-state index contributed by atoms with van der Waals surface area (Å²) in [5.41, 5.74) is 0.663. The van der Waals surface area contributed by atoms with Crippen LogP contribution < -0.4 is 0 Å². The zero-order valence-electron chi connectivity index (χ0n) is 7.38. The van der Waals surface area contributed by atoms with Crippen molar-refractivity contribution < 1.29 is 8.91 Å². The molecule has 0 N–H and O–H groups in total. The van der Waals surface area contributed by atoms with E-state index in [2.05, 4.69) is 26.1 Å². The monoisotopic (exact) mass is 290 g/mol. The Labute approximate surface area is 98.4 Å². The normalized spacial score (nSPS) is 10.6. The van der Waals surface area contributed by atoms with Gasteiger partial charge in [-0.2, -0.15) is 4.98 Å². The summed E-state index contributed by atoms with van der Waals surface area (Å²) in [6.45, 7) is 0. The molecule has 0 aliphatic rings. The first kappa shape index (κ1) is 10.6. The Balaban J connectivity index is 2.44. The van der Waals surface area contributed by atoms with E-state index in [9.17, 15) is 4.39 Å². The van der Waals surface area contributed by atoms with Gasteiger partial charge in [0.15, 0.2) is 0 Å². The van der Waals surface area contributed by atoms with Crippen molar-refractivity contribution in [2.75, 3.05) is 0 Å². The van der Waals surface area contributed by atoms with Crippen LogP contribution >= 0.6 is 27.5 Å². The lowest BCUT2D eigenvalue weighted by atomic mass is 10.2. The average molecular weight is 292 g/mol. The van der Waals surface area contributed by atoms with Crippen molar-refractivity contribution in [2.24, 2.45) is 0 Å². The van der Waals surface area contributed by atoms with Gasteiger partial charge in [0, 0.05) is 10.0 Å². The lowest BCUT2D eigenvalue weighted by Crippen LogP contribution is -1.84. The minimum absolute atomic E-state index is 0.159. The largest absolute Gasteiger partial charge is 0.338 e. The van der Waals surface area contributed by atoms with Gasteiger partial charge in [-0.3, -0.25) is 0 Å². The second-order valence-electron chi connectivity index (χ2n) is 2.77. The molecule has 15 heavy (non-hydrogen) atoms. The predicted molar refractivity (Wildman–Crippen MR) is 56.9 cm³/mol. The molecule has 0 saturated carbocycles. The summed E-state index contributed by atoms with van der Waals surface area (Å²) in [5.74, 6) is 0.554. The highest BCUT2D eigenvalue weighted by Crippen LogP contribution is 2.26. The summed E-state index contributed by atoms with van der Waals surface area (Å²) >= 11 is 8.75. The number of hydrogen-bond acceptors (Lipinski definition) is 3. The molecular formula is C9H5BrClFN2O. The highest BCUT2D eigenvalue weighted by Gasteiger charge is 2.11. The molecule has 78 valence electrons. The molecule has 0 aliphatic carbocycles. The van der Waals surface area contributed by atoms with Crippen molar-refractivity contribution in [3.05, 3.63) is 34.4 Å². The summed E-state index contributed by atoms with van der Waals surface area (Å²) in [7, 11) is 0. The maximum Gasteiger partial charge on any atom is 0.241 e. The molecule has 0 spiro atoms. The van der Waals surface area contributed by atoms with Gasteiger partial charge >= 0.3 is 0 Å². The molecule has 0 bridgehead atoms. The molecule has 0 amide bonds. The number of nitrogens with zero attached hydrogens (tertiary/aromatic N) is 2. The fourth-order valence-electron chi connectivity index (χ4n) is 1.09. The van der Waals surface area contributed by atoms with Crippen molar-refractivity contribution in [3.8, 4) is 11.4 Å². The van der Waals surface area contributed by atoms with Gasteiger partial charge in [0.05, 0.1) is 0 Å². The summed E-state index contributed by atoms with van der Waals surface area (Å²) < 4.78 is 18.2. The quantitative estimate of drug-likeness (QED) is 0.796. The van der Waals surface area contributed by atoms with Gasteiger partial charge in [0.25, 0.3) is 0 Å². The fraction of sp³-hybridized carbons (Fsp3) is 0.111. The standard InChI is InChI=1S/C9H5BrClFN2O/c10-7-3-5(12)1-2-6(7)9-13-8(4-11)15-14-9/h1-3H,4H2. The number of aromatic nitrogens is 2. The maximum absolute atomic E-state index is 12.8. The molecule has 0 saturated heterocycles. The first-order valence-electron chi connectivity index (χ1n) is 4.04. The third-order valence-electron chi connectivity index (χ3n) is 1.75. The Bertz CT molecular complexity index is 489. The van der Waals surface area contributed by atoms with Crippen LogP contribution in [0.2, 0.25) is 0 Å². The van der Waals surface area contributed by atoms with Gasteiger partial charge in [0.1, 0.15) is 11.7 Å². The molecular weight excluding hydrogens is 286 g/mol. The van der Waals surface area contributed by atoms with Crippen LogP contribution in [-0.2, 0) is 5.88 Å². The minimum atomic E-state index is -0.327. The van der Waals surface area contributed by atoms with Gasteiger partial charge in [0.2, 0.25) is 11.7 Å². The van der Waals surface area contributed by atoms with E-state index in [1.54, 1.807) is 6.07 Å². The smallest absolute Gasteiger partial charge is 0.241 e. The van der Waals surface area contributed by atoms with E-state index < -0.39 is 0 Å². The van der Waals surface area contributed by atoms with E-state index in [1.807, 2.05) is 0 Å². The average Bonchev–Trinajstić information content (AvgIpc) is 2.66. The molecule has 6 heteroatoms. The molecule has 0 fully saturated rings. The number of halogens is 3. The van der Waals surface area contributed by atoms with Crippen LogP contribution in [0.25, 0.3) is 11.4 Å². The van der Waals surface area contributed by atoms with Crippen molar-refractivity contribution in [3.63, 3.8) is 0 Å². The van der Waals surface area contributed by atoms with Crippen LogP contribution in [0, 0.1) is 5.82 Å². The Hall–Kier alpha value is -0.940. The number of rotatable bonds is 2. The zero-order chi connectivity index (χ0) is 10.8. The second-order valence-corrected chi connectivity index (χ2v) is 3.89. The van der Waals surface area contributed by atoms with Crippen molar-refractivity contribution in [1.29, 1.82) is 0 Å². The van der Waals surface area contributed by atoms with Gasteiger partial charge in [-0.25, -0.2) is 4.39 Å². The first-order valence-corrected chi connectivity index (χ1v) is 5.37.